The SMILES string of the molecule is O=C(c1sc2ccccc2c1[C@H]1CN(c2ncccn2)CCO1)N1CCOCC1. The Morgan fingerprint density at radius 3 is 2.66 bits per heavy atom. The predicted octanol–water partition coefficient (Wildman–Crippen LogP) is 2.74. The van der Waals surface area contributed by atoms with E-state index in [1.54, 1.807) is 23.7 Å². The number of fused-ring (bicyclic) bond motifs is 1. The highest BCUT2D eigenvalue weighted by molar-refractivity contribution is 7.21. The van der Waals surface area contributed by atoms with Crippen molar-refractivity contribution in [3.8, 4) is 0 Å². The lowest BCUT2D eigenvalue weighted by atomic mass is 10.0. The van der Waals surface area contributed by atoms with Crippen molar-refractivity contribution in [2.45, 2.75) is 6.10 Å². The van der Waals surface area contributed by atoms with Crippen molar-refractivity contribution in [1.29, 1.82) is 0 Å². The van der Waals surface area contributed by atoms with E-state index in [4.69, 9.17) is 9.47 Å². The van der Waals surface area contributed by atoms with Crippen LogP contribution in [0.3, 0.4) is 0 Å². The van der Waals surface area contributed by atoms with Crippen LogP contribution in [0.2, 0.25) is 0 Å². The first-order valence-corrected chi connectivity index (χ1v) is 10.6. The van der Waals surface area contributed by atoms with Crippen molar-refractivity contribution in [2.75, 3.05) is 50.9 Å². The number of anilines is 1. The van der Waals surface area contributed by atoms with Crippen LogP contribution in [0.5, 0.6) is 0 Å². The maximum absolute atomic E-state index is 13.4. The highest BCUT2D eigenvalue weighted by Gasteiger charge is 2.32. The Bertz CT molecular complexity index is 1000. The van der Waals surface area contributed by atoms with Gasteiger partial charge in [0.1, 0.15) is 6.10 Å². The van der Waals surface area contributed by atoms with E-state index >= 15 is 0 Å². The second-order valence-electron chi connectivity index (χ2n) is 7.10. The van der Waals surface area contributed by atoms with Crippen LogP contribution >= 0.6 is 11.3 Å². The summed E-state index contributed by atoms with van der Waals surface area (Å²) < 4.78 is 12.7. The summed E-state index contributed by atoms with van der Waals surface area (Å²) in [5.74, 6) is 0.766. The minimum absolute atomic E-state index is 0.0705. The normalized spacial score (nSPS) is 20.2. The molecule has 0 N–H and O–H groups in total. The Balaban J connectivity index is 1.52. The molecule has 4 heterocycles. The van der Waals surface area contributed by atoms with E-state index in [1.165, 1.54) is 0 Å². The van der Waals surface area contributed by atoms with Gasteiger partial charge in [-0.15, -0.1) is 11.3 Å². The molecule has 0 spiro atoms. The van der Waals surface area contributed by atoms with Gasteiger partial charge in [0.2, 0.25) is 5.95 Å². The number of aromatic nitrogens is 2. The number of hydrogen-bond donors (Lipinski definition) is 0. The zero-order valence-electron chi connectivity index (χ0n) is 16.0. The van der Waals surface area contributed by atoms with Gasteiger partial charge in [-0.2, -0.15) is 0 Å². The van der Waals surface area contributed by atoms with Crippen molar-refractivity contribution >= 4 is 33.3 Å². The fourth-order valence-corrected chi connectivity index (χ4v) is 5.14. The summed E-state index contributed by atoms with van der Waals surface area (Å²) in [6.45, 7) is 4.35. The average Bonchev–Trinajstić information content (AvgIpc) is 3.19. The minimum atomic E-state index is -0.205. The Morgan fingerprint density at radius 1 is 1.03 bits per heavy atom. The lowest BCUT2D eigenvalue weighted by Crippen LogP contribution is -2.42. The predicted molar refractivity (Wildman–Crippen MR) is 111 cm³/mol. The first-order chi connectivity index (χ1) is 14.3. The summed E-state index contributed by atoms with van der Waals surface area (Å²) in [5.41, 5.74) is 0.989. The highest BCUT2D eigenvalue weighted by Crippen LogP contribution is 2.39. The maximum atomic E-state index is 13.4. The number of morpholine rings is 2. The number of rotatable bonds is 3. The number of nitrogens with zero attached hydrogens (tertiary/aromatic N) is 4. The zero-order chi connectivity index (χ0) is 19.6. The third-order valence-corrected chi connectivity index (χ3v) is 6.52. The Morgan fingerprint density at radius 2 is 1.83 bits per heavy atom. The standard InChI is InChI=1S/C21H22N4O3S/c26-20(24-8-11-27-12-9-24)19-18(15-4-1-2-5-17(15)29-19)16-14-25(10-13-28-16)21-22-6-3-7-23-21/h1-7,16H,8-14H2/t16-/m1/s1. The first-order valence-electron chi connectivity index (χ1n) is 9.83. The van der Waals surface area contributed by atoms with Crippen LogP contribution in [0.25, 0.3) is 10.1 Å². The molecule has 2 aliphatic rings. The topological polar surface area (TPSA) is 67.8 Å². The summed E-state index contributed by atoms with van der Waals surface area (Å²) >= 11 is 1.55. The van der Waals surface area contributed by atoms with Gasteiger partial charge in [0.25, 0.3) is 5.91 Å². The number of thiophene rings is 1. The lowest BCUT2D eigenvalue weighted by Gasteiger charge is -2.34. The second kappa shape index (κ2) is 8.06. The van der Waals surface area contributed by atoms with Crippen molar-refractivity contribution < 1.29 is 14.3 Å². The molecule has 0 aliphatic carbocycles. The van der Waals surface area contributed by atoms with E-state index in [1.807, 2.05) is 23.1 Å². The molecule has 2 aromatic heterocycles. The minimum Gasteiger partial charge on any atom is -0.378 e. The summed E-state index contributed by atoms with van der Waals surface area (Å²) in [4.78, 5) is 26.9. The van der Waals surface area contributed by atoms with Crippen LogP contribution in [0, 0.1) is 0 Å². The quantitative estimate of drug-likeness (QED) is 0.661. The number of carbonyl (C=O) groups excluding carboxylic acids is 1. The van der Waals surface area contributed by atoms with Gasteiger partial charge in [-0.1, -0.05) is 18.2 Å². The molecule has 2 fully saturated rings. The van der Waals surface area contributed by atoms with Crippen LogP contribution in [-0.2, 0) is 9.47 Å². The number of benzene rings is 1. The van der Waals surface area contributed by atoms with Gasteiger partial charge in [0, 0.05) is 42.3 Å². The molecule has 1 amide bonds. The fraction of sp³-hybridized carbons (Fsp3) is 0.381. The fourth-order valence-electron chi connectivity index (χ4n) is 3.91. The Hall–Kier alpha value is -2.55. The Kier molecular flexibility index (Phi) is 5.13. The summed E-state index contributed by atoms with van der Waals surface area (Å²) in [5, 5.41) is 1.09. The monoisotopic (exact) mass is 410 g/mol. The smallest absolute Gasteiger partial charge is 0.264 e. The van der Waals surface area contributed by atoms with Crippen molar-refractivity contribution in [3.63, 3.8) is 0 Å². The van der Waals surface area contributed by atoms with Crippen LogP contribution in [0.1, 0.15) is 21.3 Å². The molecule has 1 atom stereocenters. The molecule has 0 unspecified atom stereocenters. The second-order valence-corrected chi connectivity index (χ2v) is 8.15. The lowest BCUT2D eigenvalue weighted by molar-refractivity contribution is 0.0280. The van der Waals surface area contributed by atoms with E-state index in [9.17, 15) is 4.79 Å². The van der Waals surface area contributed by atoms with E-state index in [0.717, 1.165) is 27.1 Å². The first kappa shape index (κ1) is 18.5. The number of amides is 1. The van der Waals surface area contributed by atoms with Gasteiger partial charge >= 0.3 is 0 Å². The maximum Gasteiger partial charge on any atom is 0.264 e. The van der Waals surface area contributed by atoms with E-state index in [-0.39, 0.29) is 12.0 Å². The van der Waals surface area contributed by atoms with Gasteiger partial charge in [0.15, 0.2) is 0 Å². The molecular weight excluding hydrogens is 388 g/mol. The molecule has 29 heavy (non-hydrogen) atoms. The highest BCUT2D eigenvalue weighted by atomic mass is 32.1. The molecule has 1 aromatic carbocycles. The molecule has 7 nitrogen and oxygen atoms in total. The van der Waals surface area contributed by atoms with Gasteiger partial charge in [-0.25, -0.2) is 9.97 Å². The number of hydrogen-bond acceptors (Lipinski definition) is 7. The van der Waals surface area contributed by atoms with Crippen molar-refractivity contribution in [1.82, 2.24) is 14.9 Å². The van der Waals surface area contributed by atoms with E-state index in [0.29, 0.717) is 45.4 Å². The third kappa shape index (κ3) is 3.59. The molecule has 8 heteroatoms. The van der Waals surface area contributed by atoms with Crippen molar-refractivity contribution in [3.05, 3.63) is 53.2 Å². The van der Waals surface area contributed by atoms with Crippen molar-refractivity contribution in [2.24, 2.45) is 0 Å². The third-order valence-electron chi connectivity index (χ3n) is 5.35. The van der Waals surface area contributed by atoms with E-state index < -0.39 is 0 Å². The summed E-state index contributed by atoms with van der Waals surface area (Å²) in [7, 11) is 0. The molecule has 0 radical (unpaired) electrons. The summed E-state index contributed by atoms with van der Waals surface area (Å²) in [6, 6.07) is 9.99. The molecule has 2 saturated heterocycles. The van der Waals surface area contributed by atoms with Gasteiger partial charge < -0.3 is 19.3 Å². The molecule has 2 aliphatic heterocycles. The van der Waals surface area contributed by atoms with Gasteiger partial charge in [-0.3, -0.25) is 4.79 Å². The molecule has 0 saturated carbocycles. The largest absolute Gasteiger partial charge is 0.378 e. The zero-order valence-corrected chi connectivity index (χ0v) is 16.8. The Labute approximate surface area is 172 Å². The molecule has 3 aromatic rings. The van der Waals surface area contributed by atoms with E-state index in [2.05, 4.69) is 27.0 Å². The average molecular weight is 410 g/mol. The van der Waals surface area contributed by atoms with Gasteiger partial charge in [0.05, 0.1) is 31.2 Å². The molecule has 0 bridgehead atoms. The van der Waals surface area contributed by atoms with Crippen LogP contribution < -0.4 is 4.90 Å². The number of carbonyl (C=O) groups is 1. The van der Waals surface area contributed by atoms with Crippen LogP contribution in [0.15, 0.2) is 42.7 Å². The molecular formula is C21H22N4O3S. The molecule has 150 valence electrons. The van der Waals surface area contributed by atoms with Crippen LogP contribution in [-0.4, -0.2) is 66.8 Å². The number of ether oxygens (including phenoxy) is 2. The molecule has 5 rings (SSSR count). The van der Waals surface area contributed by atoms with Gasteiger partial charge in [-0.05, 0) is 17.5 Å². The van der Waals surface area contributed by atoms with Crippen LogP contribution in [0.4, 0.5) is 5.95 Å². The summed E-state index contributed by atoms with van der Waals surface area (Å²) in [6.07, 6.45) is 3.30.